The smallest absolute Gasteiger partial charge is 0.159 e. The van der Waals surface area contributed by atoms with Crippen LogP contribution in [-0.4, -0.2) is 4.98 Å². The zero-order valence-electron chi connectivity index (χ0n) is 39.8. The Morgan fingerprint density at radius 2 is 1.22 bits per heavy atom. The van der Waals surface area contributed by atoms with Gasteiger partial charge in [-0.3, -0.25) is 0 Å². The van der Waals surface area contributed by atoms with Crippen LogP contribution in [0.3, 0.4) is 0 Å². The first-order valence-electron chi connectivity index (χ1n) is 23.1. The number of nitrogens with zero attached hydrogens (tertiary/aromatic N) is 2. The third-order valence-electron chi connectivity index (χ3n) is 9.81. The van der Waals surface area contributed by atoms with Crippen molar-refractivity contribution >= 4 is 82.1 Å². The number of benzene rings is 9. The maximum absolute atomic E-state index is 9.63. The predicted molar refractivity (Wildman–Crippen MR) is 233 cm³/mol. The van der Waals surface area contributed by atoms with Crippen molar-refractivity contribution in [1.29, 1.82) is 0 Å². The summed E-state index contributed by atoms with van der Waals surface area (Å²) in [5.74, 6) is 0. The van der Waals surface area contributed by atoms with Gasteiger partial charge in [-0.15, -0.1) is 11.3 Å². The highest BCUT2D eigenvalue weighted by Crippen LogP contribution is 2.45. The first-order chi connectivity index (χ1) is 31.8. The summed E-state index contributed by atoms with van der Waals surface area (Å²) in [4.78, 5) is 6.51. The van der Waals surface area contributed by atoms with E-state index in [2.05, 4.69) is 6.07 Å². The minimum atomic E-state index is -0.662. The Labute approximate surface area is 337 Å². The van der Waals surface area contributed by atoms with E-state index in [4.69, 9.17) is 17.6 Å². The highest BCUT2D eigenvalue weighted by atomic mass is 32.1. The van der Waals surface area contributed by atoms with Crippen LogP contribution in [0, 0.1) is 0 Å². The number of furan rings is 1. The number of rotatable bonds is 6. The van der Waals surface area contributed by atoms with Crippen LogP contribution in [0.4, 0.5) is 17.1 Å². The first kappa shape index (κ1) is 22.3. The van der Waals surface area contributed by atoms with Gasteiger partial charge in [0.15, 0.2) is 5.58 Å². The number of fused-ring (bicyclic) bond motifs is 7. The summed E-state index contributed by atoms with van der Waals surface area (Å²) in [5.41, 5.74) is 4.60. The third-order valence-corrected chi connectivity index (χ3v) is 10.9. The van der Waals surface area contributed by atoms with E-state index in [1.54, 1.807) is 22.3 Å². The Morgan fingerprint density at radius 3 is 2.07 bits per heavy atom. The van der Waals surface area contributed by atoms with Crippen molar-refractivity contribution < 1.29 is 19.5 Å². The average molecular weight is 732 g/mol. The van der Waals surface area contributed by atoms with E-state index in [9.17, 15) is 6.85 Å². The van der Waals surface area contributed by atoms with Gasteiger partial charge in [0.05, 0.1) is 31.0 Å². The van der Waals surface area contributed by atoms with Gasteiger partial charge >= 0.3 is 0 Å². The molecule has 9 aromatic carbocycles. The van der Waals surface area contributed by atoms with Crippen LogP contribution in [0.25, 0.3) is 86.5 Å². The summed E-state index contributed by atoms with van der Waals surface area (Å²) in [5, 5.41) is 3.54. The highest BCUT2D eigenvalue weighted by molar-refractivity contribution is 7.21. The first-order valence-corrected chi connectivity index (χ1v) is 18.5. The normalized spacial score (nSPS) is 14.4. The van der Waals surface area contributed by atoms with Crippen molar-refractivity contribution in [3.63, 3.8) is 0 Å². The molecule has 0 saturated carbocycles. The summed E-state index contributed by atoms with van der Waals surface area (Å²) in [7, 11) is 0. The van der Waals surface area contributed by atoms with Crippen LogP contribution in [0.1, 0.15) is 15.1 Å². The molecule has 0 radical (unpaired) electrons. The molecular weight excluding hydrogens is 689 g/mol. The van der Waals surface area contributed by atoms with Crippen molar-refractivity contribution in [3.05, 3.63) is 194 Å². The Kier molecular flexibility index (Phi) is 5.20. The van der Waals surface area contributed by atoms with E-state index >= 15 is 0 Å². The van der Waals surface area contributed by atoms with Gasteiger partial charge in [-0.2, -0.15) is 0 Å². The molecule has 11 aromatic rings. The minimum absolute atomic E-state index is 0.149. The summed E-state index contributed by atoms with van der Waals surface area (Å²) in [6.45, 7) is 0. The second-order valence-corrected chi connectivity index (χ2v) is 14.1. The summed E-state index contributed by atoms with van der Waals surface area (Å²) >= 11 is 1.60. The van der Waals surface area contributed by atoms with E-state index in [0.717, 1.165) is 53.5 Å². The van der Waals surface area contributed by atoms with Gasteiger partial charge in [0.25, 0.3) is 0 Å². The molecule has 4 heteroatoms. The number of thiazole rings is 1. The molecule has 0 unspecified atom stereocenters. The molecule has 0 aliphatic carbocycles. The lowest BCUT2D eigenvalue weighted by atomic mass is 10.0. The van der Waals surface area contributed by atoms with Crippen LogP contribution < -0.4 is 4.90 Å². The second kappa shape index (κ2) is 12.8. The van der Waals surface area contributed by atoms with Crippen molar-refractivity contribution in [2.45, 2.75) is 0 Å². The van der Waals surface area contributed by atoms with Crippen LogP contribution in [0.2, 0.25) is 0 Å². The Morgan fingerprint density at radius 1 is 0.491 bits per heavy atom. The van der Waals surface area contributed by atoms with Gasteiger partial charge in [0, 0.05) is 33.1 Å². The Balaban J connectivity index is 1.15. The highest BCUT2D eigenvalue weighted by Gasteiger charge is 2.21. The molecule has 0 aliphatic rings. The number of hydrogen-bond acceptors (Lipinski definition) is 4. The fourth-order valence-electron chi connectivity index (χ4n) is 7.14. The van der Waals surface area contributed by atoms with E-state index in [1.807, 2.05) is 115 Å². The molecule has 11 rings (SSSR count). The lowest BCUT2D eigenvalue weighted by molar-refractivity contribution is 0.673. The number of anilines is 3. The molecule has 2 heterocycles. The fraction of sp³-hybridized carbons (Fsp3) is 0. The van der Waals surface area contributed by atoms with Gasteiger partial charge in [0.2, 0.25) is 0 Å². The monoisotopic (exact) mass is 731 g/mol. The van der Waals surface area contributed by atoms with Gasteiger partial charge in [-0.25, -0.2) is 4.98 Å². The summed E-state index contributed by atoms with van der Waals surface area (Å²) in [6.07, 6.45) is 0. The van der Waals surface area contributed by atoms with Crippen molar-refractivity contribution in [2.75, 3.05) is 4.90 Å². The van der Waals surface area contributed by atoms with Crippen molar-refractivity contribution in [3.8, 4) is 32.8 Å². The number of hydrogen-bond donors (Lipinski definition) is 0. The molecule has 0 atom stereocenters. The van der Waals surface area contributed by atoms with Gasteiger partial charge < -0.3 is 9.32 Å². The zero-order chi connectivity index (χ0) is 45.9. The molecular formula is C51H32N2OS. The quantitative estimate of drug-likeness (QED) is 0.171. The maximum atomic E-state index is 9.63. The van der Waals surface area contributed by atoms with Crippen LogP contribution in [0.15, 0.2) is 198 Å². The Hall–Kier alpha value is -7.01. The Bertz CT molecular complexity index is 3790. The SMILES string of the molecule is [2H]c1c([2H])c(N(c2ccc(-c3ccccc3)cc2)c2cccc3c2oc2c4cc(-c5nc6ccccc6s5)ccc4ccc32)c([2H])c([2H])c1-c1c([2H])c([2H])c2c([2H])c([2H])c([2H])c([2H])c2c1[2H]. The van der Waals surface area contributed by atoms with Gasteiger partial charge in [-0.05, 0) is 99.0 Å². The topological polar surface area (TPSA) is 29.3 Å². The zero-order valence-corrected chi connectivity index (χ0v) is 29.7. The second-order valence-electron chi connectivity index (χ2n) is 13.1. The van der Waals surface area contributed by atoms with E-state index in [1.165, 1.54) is 0 Å². The largest absolute Gasteiger partial charge is 0.453 e. The molecule has 2 aromatic heterocycles. The maximum Gasteiger partial charge on any atom is 0.159 e. The standard InChI is InChI=1S/C51H32N2OS/c1-2-9-33(10-3-1)35-21-26-41(27-22-35)53(42-28-23-36(24-29-42)39-19-17-34-11-4-5-12-38(34)31-39)47-15-8-13-43-44-30-25-37-18-20-40(32-45(37)49(44)54-50(43)47)51-52-46-14-6-7-16-48(46)55-51/h1-32H/i4D,5D,11D,12D,17D,19D,23D,24D,28D,29D,31D. The number of para-hydroxylation sites is 2. The van der Waals surface area contributed by atoms with E-state index < -0.39 is 77.6 Å². The molecule has 0 aliphatic heterocycles. The molecule has 0 saturated heterocycles. The van der Waals surface area contributed by atoms with Crippen molar-refractivity contribution in [1.82, 2.24) is 4.98 Å². The predicted octanol–water partition coefficient (Wildman–Crippen LogP) is 15.0. The molecule has 0 fully saturated rings. The lowest BCUT2D eigenvalue weighted by Gasteiger charge is -2.26. The van der Waals surface area contributed by atoms with Crippen LogP contribution >= 0.6 is 11.3 Å². The minimum Gasteiger partial charge on any atom is -0.453 e. The average Bonchev–Trinajstić information content (AvgIpc) is 3.96. The molecule has 0 spiro atoms. The molecule has 0 N–H and O–H groups in total. The lowest BCUT2D eigenvalue weighted by Crippen LogP contribution is -2.10. The number of aromatic nitrogens is 1. The molecule has 258 valence electrons. The van der Waals surface area contributed by atoms with Gasteiger partial charge in [-0.1, -0.05) is 133 Å². The van der Waals surface area contributed by atoms with Gasteiger partial charge in [0.1, 0.15) is 10.6 Å². The van der Waals surface area contributed by atoms with E-state index in [0.29, 0.717) is 22.5 Å². The molecule has 3 nitrogen and oxygen atoms in total. The summed E-state index contributed by atoms with van der Waals surface area (Å²) < 4.78 is 107. The molecule has 55 heavy (non-hydrogen) atoms. The van der Waals surface area contributed by atoms with E-state index in [-0.39, 0.29) is 16.5 Å². The van der Waals surface area contributed by atoms with Crippen LogP contribution in [-0.2, 0) is 0 Å². The molecule has 0 bridgehead atoms. The fourth-order valence-corrected chi connectivity index (χ4v) is 8.10. The summed E-state index contributed by atoms with van der Waals surface area (Å²) in [6, 6.07) is 34.4. The van der Waals surface area contributed by atoms with Crippen molar-refractivity contribution in [2.24, 2.45) is 0 Å². The van der Waals surface area contributed by atoms with Crippen LogP contribution in [0.5, 0.6) is 0 Å². The molecule has 0 amide bonds. The third kappa shape index (κ3) is 5.46.